The second-order valence-corrected chi connectivity index (χ2v) is 6.10. The first kappa shape index (κ1) is 14.4. The lowest BCUT2D eigenvalue weighted by molar-refractivity contribution is -0.138. The number of rotatable bonds is 4. The summed E-state index contributed by atoms with van der Waals surface area (Å²) in [7, 11) is 0. The van der Waals surface area contributed by atoms with Gasteiger partial charge in [0.05, 0.1) is 12.8 Å². The number of alkyl halides is 3. The molecular formula is C14H17F3N2O2. The fourth-order valence-electron chi connectivity index (χ4n) is 3.74. The van der Waals surface area contributed by atoms with Crippen molar-refractivity contribution in [2.75, 3.05) is 6.61 Å². The van der Waals surface area contributed by atoms with Crippen molar-refractivity contribution in [1.82, 2.24) is 9.78 Å². The molecule has 21 heavy (non-hydrogen) atoms. The third-order valence-corrected chi connectivity index (χ3v) is 4.63. The van der Waals surface area contributed by atoms with Gasteiger partial charge in [-0.3, -0.25) is 4.68 Å². The number of fused-ring (bicyclic) bond motifs is 1. The molecule has 0 aliphatic heterocycles. The third kappa shape index (κ3) is 2.42. The number of halogens is 3. The Labute approximate surface area is 120 Å². The molecule has 4 rings (SSSR count). The number of nitrogens with zero attached hydrogens (tertiary/aromatic N) is 2. The minimum atomic E-state index is -4.60. The van der Waals surface area contributed by atoms with Crippen molar-refractivity contribution in [3.63, 3.8) is 0 Å². The molecule has 0 N–H and O–H groups in total. The highest BCUT2D eigenvalue weighted by molar-refractivity contribution is 5.89. The minimum Gasteiger partial charge on any atom is -0.461 e. The van der Waals surface area contributed by atoms with Crippen molar-refractivity contribution in [3.05, 3.63) is 17.5 Å². The van der Waals surface area contributed by atoms with E-state index in [2.05, 4.69) is 5.10 Å². The van der Waals surface area contributed by atoms with Crippen LogP contribution in [0.3, 0.4) is 0 Å². The molecule has 0 atom stereocenters. The van der Waals surface area contributed by atoms with E-state index in [1.54, 1.807) is 6.92 Å². The molecule has 0 saturated heterocycles. The lowest BCUT2D eigenvalue weighted by Gasteiger charge is -2.38. The number of carbonyl (C=O) groups excluding carboxylic acids is 1. The molecule has 1 aromatic rings. The summed E-state index contributed by atoms with van der Waals surface area (Å²) >= 11 is 0. The Kier molecular flexibility index (Phi) is 3.26. The molecule has 1 heterocycles. The van der Waals surface area contributed by atoms with Crippen LogP contribution in [0, 0.1) is 11.3 Å². The Hall–Kier alpha value is -1.53. The van der Waals surface area contributed by atoms with Gasteiger partial charge in [0, 0.05) is 6.54 Å². The van der Waals surface area contributed by atoms with Gasteiger partial charge in [0.25, 0.3) is 0 Å². The molecule has 0 radical (unpaired) electrons. The lowest BCUT2D eigenvalue weighted by atomic mass is 9.70. The van der Waals surface area contributed by atoms with E-state index in [0.717, 1.165) is 31.9 Å². The maximum absolute atomic E-state index is 13.0. The van der Waals surface area contributed by atoms with Crippen LogP contribution in [0.25, 0.3) is 0 Å². The first-order chi connectivity index (χ1) is 9.85. The Morgan fingerprint density at radius 1 is 1.52 bits per heavy atom. The molecule has 1 aromatic heterocycles. The summed E-state index contributed by atoms with van der Waals surface area (Å²) in [5, 5.41) is 3.82. The molecule has 7 heteroatoms. The average Bonchev–Trinajstić information content (AvgIpc) is 3.01. The molecule has 0 aromatic carbocycles. The normalized spacial score (nSPS) is 27.5. The SMILES string of the molecule is CCOC(=O)c1c(C(F)(F)F)cnn1CC12CCC(C1)C2. The second-order valence-electron chi connectivity index (χ2n) is 6.10. The molecule has 0 spiro atoms. The van der Waals surface area contributed by atoms with Gasteiger partial charge in [0.15, 0.2) is 5.69 Å². The smallest absolute Gasteiger partial charge is 0.420 e. The highest BCUT2D eigenvalue weighted by Crippen LogP contribution is 2.59. The van der Waals surface area contributed by atoms with Gasteiger partial charge in [-0.1, -0.05) is 0 Å². The van der Waals surface area contributed by atoms with E-state index in [1.807, 2.05) is 0 Å². The summed E-state index contributed by atoms with van der Waals surface area (Å²) in [6, 6.07) is 0. The number of aromatic nitrogens is 2. The number of carbonyl (C=O) groups is 1. The fraction of sp³-hybridized carbons (Fsp3) is 0.714. The van der Waals surface area contributed by atoms with Crippen molar-refractivity contribution in [1.29, 1.82) is 0 Å². The zero-order chi connectivity index (χ0) is 15.3. The Bertz CT molecular complexity index is 554. The fourth-order valence-corrected chi connectivity index (χ4v) is 3.74. The summed E-state index contributed by atoms with van der Waals surface area (Å²) in [5.41, 5.74) is -1.44. The van der Waals surface area contributed by atoms with Crippen LogP contribution in [0.4, 0.5) is 13.2 Å². The highest BCUT2D eigenvalue weighted by Gasteiger charge is 2.51. The van der Waals surface area contributed by atoms with Gasteiger partial charge in [0.2, 0.25) is 0 Å². The van der Waals surface area contributed by atoms with Crippen molar-refractivity contribution in [2.45, 2.75) is 45.3 Å². The molecular weight excluding hydrogens is 285 g/mol. The third-order valence-electron chi connectivity index (χ3n) is 4.63. The van der Waals surface area contributed by atoms with Crippen LogP contribution in [-0.4, -0.2) is 22.4 Å². The number of esters is 1. The van der Waals surface area contributed by atoms with E-state index in [0.29, 0.717) is 12.5 Å². The van der Waals surface area contributed by atoms with Crippen LogP contribution in [0.15, 0.2) is 6.20 Å². The van der Waals surface area contributed by atoms with E-state index in [1.165, 1.54) is 4.68 Å². The first-order valence-electron chi connectivity index (χ1n) is 7.15. The van der Waals surface area contributed by atoms with E-state index < -0.39 is 23.4 Å². The Morgan fingerprint density at radius 2 is 2.24 bits per heavy atom. The second kappa shape index (κ2) is 4.74. The van der Waals surface area contributed by atoms with Gasteiger partial charge in [-0.25, -0.2) is 4.79 Å². The summed E-state index contributed by atoms with van der Waals surface area (Å²) in [6.07, 6.45) is 0.306. The quantitative estimate of drug-likeness (QED) is 0.802. The predicted molar refractivity (Wildman–Crippen MR) is 67.6 cm³/mol. The van der Waals surface area contributed by atoms with Crippen molar-refractivity contribution in [3.8, 4) is 0 Å². The van der Waals surface area contributed by atoms with E-state index >= 15 is 0 Å². The number of hydrogen-bond acceptors (Lipinski definition) is 3. The highest BCUT2D eigenvalue weighted by atomic mass is 19.4. The van der Waals surface area contributed by atoms with Crippen LogP contribution in [0.1, 0.15) is 48.7 Å². The molecule has 0 amide bonds. The standard InChI is InChI=1S/C14H17F3N2O2/c1-2-21-12(20)11-10(14(15,16)17)7-18-19(11)8-13-4-3-9(5-13)6-13/h7,9H,2-6,8H2,1H3. The molecule has 4 nitrogen and oxygen atoms in total. The van der Waals surface area contributed by atoms with Gasteiger partial charge < -0.3 is 4.74 Å². The van der Waals surface area contributed by atoms with Crippen LogP contribution < -0.4 is 0 Å². The Morgan fingerprint density at radius 3 is 2.76 bits per heavy atom. The summed E-state index contributed by atoms with van der Waals surface area (Å²) < 4.78 is 45.0. The van der Waals surface area contributed by atoms with Crippen LogP contribution >= 0.6 is 0 Å². The van der Waals surface area contributed by atoms with Gasteiger partial charge in [-0.05, 0) is 43.9 Å². The molecule has 116 valence electrons. The summed E-state index contributed by atoms with van der Waals surface area (Å²) in [5.74, 6) is -0.249. The molecule has 3 aliphatic carbocycles. The van der Waals surface area contributed by atoms with Crippen molar-refractivity contribution in [2.24, 2.45) is 11.3 Å². The largest absolute Gasteiger partial charge is 0.461 e. The van der Waals surface area contributed by atoms with Crippen molar-refractivity contribution < 1.29 is 22.7 Å². The molecule has 3 aliphatic rings. The predicted octanol–water partition coefficient (Wildman–Crippen LogP) is 3.27. The molecule has 3 fully saturated rings. The summed E-state index contributed by atoms with van der Waals surface area (Å²) in [6.45, 7) is 1.97. The minimum absolute atomic E-state index is 0.0286. The zero-order valence-corrected chi connectivity index (χ0v) is 11.7. The molecule has 3 saturated carbocycles. The van der Waals surface area contributed by atoms with E-state index in [-0.39, 0.29) is 12.0 Å². The topological polar surface area (TPSA) is 44.1 Å². The monoisotopic (exact) mass is 302 g/mol. The van der Waals surface area contributed by atoms with E-state index in [9.17, 15) is 18.0 Å². The van der Waals surface area contributed by atoms with Gasteiger partial charge >= 0.3 is 12.1 Å². The van der Waals surface area contributed by atoms with Crippen molar-refractivity contribution >= 4 is 5.97 Å². The zero-order valence-electron chi connectivity index (χ0n) is 11.7. The van der Waals surface area contributed by atoms with Crippen LogP contribution in [-0.2, 0) is 17.5 Å². The maximum Gasteiger partial charge on any atom is 0.420 e. The molecule has 2 bridgehead atoms. The van der Waals surface area contributed by atoms with Crippen LogP contribution in [0.2, 0.25) is 0 Å². The maximum atomic E-state index is 13.0. The van der Waals surface area contributed by atoms with Gasteiger partial charge in [-0.2, -0.15) is 18.3 Å². The first-order valence-corrected chi connectivity index (χ1v) is 7.15. The molecule has 0 unspecified atom stereocenters. The average molecular weight is 302 g/mol. The van der Waals surface area contributed by atoms with Crippen LogP contribution in [0.5, 0.6) is 0 Å². The summed E-state index contributed by atoms with van der Waals surface area (Å²) in [4.78, 5) is 11.9. The van der Waals surface area contributed by atoms with E-state index in [4.69, 9.17) is 4.74 Å². The van der Waals surface area contributed by atoms with Gasteiger partial charge in [-0.15, -0.1) is 0 Å². The number of hydrogen-bond donors (Lipinski definition) is 0. The Balaban J connectivity index is 1.92. The van der Waals surface area contributed by atoms with Gasteiger partial charge in [0.1, 0.15) is 5.56 Å². The lowest BCUT2D eigenvalue weighted by Crippen LogP contribution is -2.34. The number of ether oxygens (including phenoxy) is 1.